The molecule has 0 heterocycles. The molecule has 2 N–H and O–H groups in total. The highest BCUT2D eigenvalue weighted by molar-refractivity contribution is 5.88. The first-order valence-corrected chi connectivity index (χ1v) is 6.42. The Morgan fingerprint density at radius 3 is 2.25 bits per heavy atom. The zero-order valence-corrected chi connectivity index (χ0v) is 10.8. The zero-order valence-electron chi connectivity index (χ0n) is 10.8. The summed E-state index contributed by atoms with van der Waals surface area (Å²) < 4.78 is 26.9. The fraction of sp³-hybridized carbons (Fsp3) is 0.429. The fourth-order valence-electron chi connectivity index (χ4n) is 2.54. The third kappa shape index (κ3) is 2.79. The maximum Gasteiger partial charge on any atom is 0.329 e. The van der Waals surface area contributed by atoms with Gasteiger partial charge in [-0.2, -0.15) is 0 Å². The smallest absolute Gasteiger partial charge is 0.329 e. The number of halogens is 2. The van der Waals surface area contributed by atoms with Gasteiger partial charge in [-0.15, -0.1) is 0 Å². The maximum absolute atomic E-state index is 13.4. The van der Waals surface area contributed by atoms with Gasteiger partial charge in [0.25, 0.3) is 0 Å². The van der Waals surface area contributed by atoms with E-state index in [2.05, 4.69) is 5.32 Å². The van der Waals surface area contributed by atoms with Crippen LogP contribution in [0.1, 0.15) is 31.2 Å². The highest BCUT2D eigenvalue weighted by Gasteiger charge is 2.42. The van der Waals surface area contributed by atoms with E-state index in [0.717, 1.165) is 12.1 Å². The van der Waals surface area contributed by atoms with Crippen molar-refractivity contribution in [3.8, 4) is 0 Å². The van der Waals surface area contributed by atoms with Gasteiger partial charge in [0.2, 0.25) is 5.91 Å². The average molecular weight is 283 g/mol. The highest BCUT2D eigenvalue weighted by Crippen LogP contribution is 2.30. The second-order valence-electron chi connectivity index (χ2n) is 5.02. The van der Waals surface area contributed by atoms with E-state index in [4.69, 9.17) is 0 Å². The number of hydrogen-bond donors (Lipinski definition) is 2. The van der Waals surface area contributed by atoms with Crippen molar-refractivity contribution >= 4 is 11.9 Å². The molecule has 0 atom stereocenters. The molecule has 0 aromatic heterocycles. The molecule has 0 spiro atoms. The summed E-state index contributed by atoms with van der Waals surface area (Å²) in [5, 5.41) is 11.6. The quantitative estimate of drug-likeness (QED) is 0.888. The van der Waals surface area contributed by atoms with Crippen molar-refractivity contribution in [1.82, 2.24) is 5.32 Å². The van der Waals surface area contributed by atoms with Gasteiger partial charge in [-0.1, -0.05) is 18.9 Å². The van der Waals surface area contributed by atoms with E-state index in [1.165, 1.54) is 6.07 Å². The summed E-state index contributed by atoms with van der Waals surface area (Å²) in [6.45, 7) is 0. The summed E-state index contributed by atoms with van der Waals surface area (Å²) in [5.74, 6) is -3.40. The largest absolute Gasteiger partial charge is 0.480 e. The van der Waals surface area contributed by atoms with E-state index in [0.29, 0.717) is 25.7 Å². The van der Waals surface area contributed by atoms with Gasteiger partial charge in [-0.25, -0.2) is 13.6 Å². The lowest BCUT2D eigenvalue weighted by atomic mass is 9.97. The topological polar surface area (TPSA) is 66.4 Å². The minimum atomic E-state index is -1.29. The van der Waals surface area contributed by atoms with Crippen LogP contribution in [0.2, 0.25) is 0 Å². The Morgan fingerprint density at radius 2 is 1.75 bits per heavy atom. The number of carbonyl (C=O) groups excluding carboxylic acids is 1. The molecule has 1 aromatic carbocycles. The number of hydrogen-bond acceptors (Lipinski definition) is 2. The number of carboxylic acids is 1. The third-order valence-corrected chi connectivity index (χ3v) is 3.64. The summed E-state index contributed by atoms with van der Waals surface area (Å²) in [6.07, 6.45) is 1.59. The molecule has 0 bridgehead atoms. The molecule has 1 aliphatic rings. The first kappa shape index (κ1) is 14.4. The molecule has 6 heteroatoms. The molecule has 1 aliphatic carbocycles. The van der Waals surface area contributed by atoms with Crippen molar-refractivity contribution in [3.63, 3.8) is 0 Å². The summed E-state index contributed by atoms with van der Waals surface area (Å²) in [5.41, 5.74) is -1.64. The SMILES string of the molecule is O=C(Cc1c(F)cccc1F)NC1(C(=O)O)CCCC1. The van der Waals surface area contributed by atoms with Crippen molar-refractivity contribution in [1.29, 1.82) is 0 Å². The third-order valence-electron chi connectivity index (χ3n) is 3.64. The molecular formula is C14H15F2NO3. The standard InChI is InChI=1S/C14H15F2NO3/c15-10-4-3-5-11(16)9(10)8-12(18)17-14(13(19)20)6-1-2-7-14/h3-5H,1-2,6-8H2,(H,17,18)(H,19,20). The van der Waals surface area contributed by atoms with Crippen LogP contribution in [0.15, 0.2) is 18.2 Å². The minimum Gasteiger partial charge on any atom is -0.480 e. The lowest BCUT2D eigenvalue weighted by Gasteiger charge is -2.25. The van der Waals surface area contributed by atoms with E-state index in [-0.39, 0.29) is 5.56 Å². The molecular weight excluding hydrogens is 268 g/mol. The Labute approximate surface area is 114 Å². The minimum absolute atomic E-state index is 0.341. The van der Waals surface area contributed by atoms with Gasteiger partial charge in [-0.3, -0.25) is 4.79 Å². The Bertz CT molecular complexity index is 519. The zero-order chi connectivity index (χ0) is 14.8. The Kier molecular flexibility index (Phi) is 4.01. The number of amides is 1. The monoisotopic (exact) mass is 283 g/mol. The van der Waals surface area contributed by atoms with Gasteiger partial charge < -0.3 is 10.4 Å². The second kappa shape index (κ2) is 5.56. The van der Waals surface area contributed by atoms with Crippen LogP contribution in [0.3, 0.4) is 0 Å². The van der Waals surface area contributed by atoms with Crippen LogP contribution in [0.5, 0.6) is 0 Å². The van der Waals surface area contributed by atoms with Crippen LogP contribution >= 0.6 is 0 Å². The van der Waals surface area contributed by atoms with Gasteiger partial charge in [0.15, 0.2) is 0 Å². The van der Waals surface area contributed by atoms with Gasteiger partial charge in [0.1, 0.15) is 17.2 Å². The molecule has 1 aromatic rings. The van der Waals surface area contributed by atoms with Gasteiger partial charge in [0.05, 0.1) is 6.42 Å². The summed E-state index contributed by atoms with van der Waals surface area (Å²) in [7, 11) is 0. The lowest BCUT2D eigenvalue weighted by Crippen LogP contribution is -2.53. The van der Waals surface area contributed by atoms with Crippen LogP contribution in [0, 0.1) is 11.6 Å². The van der Waals surface area contributed by atoms with Crippen molar-refractivity contribution in [2.24, 2.45) is 0 Å². The number of carbonyl (C=O) groups is 2. The number of nitrogens with one attached hydrogen (secondary N) is 1. The van der Waals surface area contributed by atoms with E-state index in [1.54, 1.807) is 0 Å². The average Bonchev–Trinajstić information content (AvgIpc) is 2.84. The molecule has 20 heavy (non-hydrogen) atoms. The lowest BCUT2D eigenvalue weighted by molar-refractivity contribution is -0.147. The number of aliphatic carboxylic acids is 1. The molecule has 0 radical (unpaired) electrons. The number of rotatable bonds is 4. The molecule has 0 saturated heterocycles. The number of benzene rings is 1. The van der Waals surface area contributed by atoms with Crippen LogP contribution in [-0.4, -0.2) is 22.5 Å². The highest BCUT2D eigenvalue weighted by atomic mass is 19.1. The summed E-state index contributed by atoms with van der Waals surface area (Å²) >= 11 is 0. The molecule has 108 valence electrons. The molecule has 1 saturated carbocycles. The van der Waals surface area contributed by atoms with E-state index in [1.807, 2.05) is 0 Å². The van der Waals surface area contributed by atoms with Crippen LogP contribution in [-0.2, 0) is 16.0 Å². The maximum atomic E-state index is 13.4. The van der Waals surface area contributed by atoms with Gasteiger partial charge >= 0.3 is 5.97 Å². The molecule has 1 amide bonds. The van der Waals surface area contributed by atoms with E-state index >= 15 is 0 Å². The van der Waals surface area contributed by atoms with E-state index in [9.17, 15) is 23.5 Å². The molecule has 0 unspecified atom stereocenters. The van der Waals surface area contributed by atoms with Gasteiger partial charge in [0, 0.05) is 5.56 Å². The molecule has 1 fully saturated rings. The van der Waals surface area contributed by atoms with Crippen molar-refractivity contribution < 1.29 is 23.5 Å². The first-order chi connectivity index (χ1) is 9.44. The Hall–Kier alpha value is -1.98. The first-order valence-electron chi connectivity index (χ1n) is 6.42. The molecule has 0 aliphatic heterocycles. The van der Waals surface area contributed by atoms with Crippen LogP contribution in [0.4, 0.5) is 8.78 Å². The van der Waals surface area contributed by atoms with Crippen LogP contribution < -0.4 is 5.32 Å². The van der Waals surface area contributed by atoms with Crippen molar-refractivity contribution in [2.45, 2.75) is 37.6 Å². The molecule has 2 rings (SSSR count). The molecule has 4 nitrogen and oxygen atoms in total. The van der Waals surface area contributed by atoms with Gasteiger partial charge in [-0.05, 0) is 25.0 Å². The Balaban J connectivity index is 2.11. The summed E-state index contributed by atoms with van der Waals surface area (Å²) in [4.78, 5) is 23.2. The predicted molar refractivity (Wildman–Crippen MR) is 67.0 cm³/mol. The normalized spacial score (nSPS) is 16.9. The number of carboxylic acid groups (broad SMARTS) is 1. The van der Waals surface area contributed by atoms with Crippen molar-refractivity contribution in [2.75, 3.05) is 0 Å². The second-order valence-corrected chi connectivity index (χ2v) is 5.02. The Morgan fingerprint density at radius 1 is 1.20 bits per heavy atom. The van der Waals surface area contributed by atoms with E-state index < -0.39 is 35.5 Å². The predicted octanol–water partition coefficient (Wildman–Crippen LogP) is 2.02. The fourth-order valence-corrected chi connectivity index (χ4v) is 2.54. The van der Waals surface area contributed by atoms with Crippen molar-refractivity contribution in [3.05, 3.63) is 35.4 Å². The summed E-state index contributed by atoms with van der Waals surface area (Å²) in [6, 6.07) is 3.34. The van der Waals surface area contributed by atoms with Crippen LogP contribution in [0.25, 0.3) is 0 Å².